The molecule has 9 aromatic carbocycles. The predicted molar refractivity (Wildman–Crippen MR) is 231 cm³/mol. The Morgan fingerprint density at radius 2 is 1.04 bits per heavy atom. The molecule has 11 aromatic rings. The molecular weight excluding hydrogens is 685 g/mol. The Labute approximate surface area is 322 Å². The maximum absolute atomic E-state index is 6.48. The third-order valence-corrected chi connectivity index (χ3v) is 11.4. The van der Waals surface area contributed by atoms with Gasteiger partial charge in [0.25, 0.3) is 0 Å². The van der Waals surface area contributed by atoms with Gasteiger partial charge in [0.05, 0.1) is 16.7 Å². The lowest BCUT2D eigenvalue weighted by atomic mass is 9.98. The van der Waals surface area contributed by atoms with Crippen LogP contribution in [0.1, 0.15) is 0 Å². The van der Waals surface area contributed by atoms with Gasteiger partial charge in [-0.1, -0.05) is 127 Å². The van der Waals surface area contributed by atoms with Gasteiger partial charge in [0, 0.05) is 50.2 Å². The molecule has 0 aliphatic carbocycles. The molecule has 0 radical (unpaired) electrons. The summed E-state index contributed by atoms with van der Waals surface area (Å²) < 4.78 is 15.2. The van der Waals surface area contributed by atoms with E-state index in [1.165, 1.54) is 38.2 Å². The molecule has 3 heterocycles. The van der Waals surface area contributed by atoms with Crippen LogP contribution >= 0.6 is 0 Å². The Balaban J connectivity index is 0.918. The van der Waals surface area contributed by atoms with E-state index >= 15 is 0 Å². The van der Waals surface area contributed by atoms with Crippen LogP contribution in [0.3, 0.4) is 0 Å². The zero-order chi connectivity index (χ0) is 36.7. The lowest BCUT2D eigenvalue weighted by Gasteiger charge is -2.25. The van der Waals surface area contributed by atoms with Crippen LogP contribution in [0, 0.1) is 0 Å². The normalized spacial score (nSPS) is 12.1. The number of ether oxygens (including phenoxy) is 1. The summed E-state index contributed by atoms with van der Waals surface area (Å²) in [5.74, 6) is 1.75. The third-order valence-electron chi connectivity index (χ3n) is 11.4. The molecule has 262 valence electrons. The maximum Gasteiger partial charge on any atom is 0.152 e. The molecule has 56 heavy (non-hydrogen) atoms. The number of hydrogen-bond acceptors (Lipinski definition) is 3. The molecule has 0 unspecified atom stereocenters. The summed E-state index contributed by atoms with van der Waals surface area (Å²) in [5.41, 5.74) is 13.0. The molecule has 2 aromatic heterocycles. The summed E-state index contributed by atoms with van der Waals surface area (Å²) in [7, 11) is 0. The van der Waals surface area contributed by atoms with E-state index in [1.54, 1.807) is 0 Å². The lowest BCUT2D eigenvalue weighted by Crippen LogP contribution is -2.09. The van der Waals surface area contributed by atoms with Crippen molar-refractivity contribution in [3.8, 4) is 39.4 Å². The quantitative estimate of drug-likeness (QED) is 0.178. The number of fused-ring (bicyclic) bond motifs is 10. The van der Waals surface area contributed by atoms with Gasteiger partial charge >= 0.3 is 0 Å². The minimum absolute atomic E-state index is 0.869. The zero-order valence-electron chi connectivity index (χ0n) is 30.2. The largest absolute Gasteiger partial charge is 0.456 e. The van der Waals surface area contributed by atoms with Crippen LogP contribution in [0.4, 0.5) is 17.1 Å². The van der Waals surface area contributed by atoms with Crippen molar-refractivity contribution >= 4 is 71.6 Å². The second kappa shape index (κ2) is 12.0. The smallest absolute Gasteiger partial charge is 0.152 e. The number of benzene rings is 9. The summed E-state index contributed by atoms with van der Waals surface area (Å²) >= 11 is 0. The molecule has 0 fully saturated rings. The molecule has 12 rings (SSSR count). The monoisotopic (exact) mass is 716 g/mol. The van der Waals surface area contributed by atoms with Gasteiger partial charge in [-0.2, -0.15) is 0 Å². The summed E-state index contributed by atoms with van der Waals surface area (Å²) in [6.07, 6.45) is 0. The van der Waals surface area contributed by atoms with Crippen molar-refractivity contribution in [3.05, 3.63) is 194 Å². The molecule has 0 saturated carbocycles. The van der Waals surface area contributed by atoms with Crippen molar-refractivity contribution in [2.75, 3.05) is 4.90 Å². The van der Waals surface area contributed by atoms with Crippen molar-refractivity contribution in [1.29, 1.82) is 0 Å². The number of hydrogen-bond donors (Lipinski definition) is 0. The van der Waals surface area contributed by atoms with E-state index in [0.717, 1.165) is 72.8 Å². The molecule has 0 amide bonds. The zero-order valence-corrected chi connectivity index (χ0v) is 30.2. The number of anilines is 3. The number of aromatic nitrogens is 1. The SMILES string of the molecule is c1ccc(N(c2ccc(-c3ccc(-c4cccc5c6cccc7c6n(c45)-c4ccccc4O7)cc3)cc2)c2ccc3c(c2)oc2ccc4ccccc4c23)cc1. The average molecular weight is 717 g/mol. The van der Waals surface area contributed by atoms with Crippen LogP contribution in [0.25, 0.3) is 82.5 Å². The first-order valence-corrected chi connectivity index (χ1v) is 19.0. The average Bonchev–Trinajstić information content (AvgIpc) is 3.82. The van der Waals surface area contributed by atoms with Gasteiger partial charge in [-0.25, -0.2) is 0 Å². The first kappa shape index (κ1) is 30.9. The Hall–Kier alpha value is -7.56. The highest BCUT2D eigenvalue weighted by Gasteiger charge is 2.25. The lowest BCUT2D eigenvalue weighted by molar-refractivity contribution is 0.476. The highest BCUT2D eigenvalue weighted by atomic mass is 16.5. The number of furan rings is 1. The van der Waals surface area contributed by atoms with E-state index in [4.69, 9.17) is 9.15 Å². The number of para-hydroxylation sites is 5. The molecule has 0 atom stereocenters. The van der Waals surface area contributed by atoms with Crippen molar-refractivity contribution < 1.29 is 9.15 Å². The molecule has 4 nitrogen and oxygen atoms in total. The van der Waals surface area contributed by atoms with Crippen LogP contribution < -0.4 is 9.64 Å². The molecule has 0 N–H and O–H groups in total. The second-order valence-electron chi connectivity index (χ2n) is 14.5. The van der Waals surface area contributed by atoms with Gasteiger partial charge in [-0.3, -0.25) is 0 Å². The highest BCUT2D eigenvalue weighted by Crippen LogP contribution is 2.47. The molecular formula is C52H32N2O2. The minimum atomic E-state index is 0.869. The van der Waals surface area contributed by atoms with Gasteiger partial charge in [0.15, 0.2) is 11.5 Å². The summed E-state index contributed by atoms with van der Waals surface area (Å²) in [4.78, 5) is 2.29. The fourth-order valence-corrected chi connectivity index (χ4v) is 8.83. The fraction of sp³-hybridized carbons (Fsp3) is 0. The van der Waals surface area contributed by atoms with E-state index in [0.29, 0.717) is 0 Å². The first-order valence-electron chi connectivity index (χ1n) is 19.0. The number of nitrogens with zero attached hydrogens (tertiary/aromatic N) is 2. The van der Waals surface area contributed by atoms with Gasteiger partial charge in [-0.15, -0.1) is 0 Å². The van der Waals surface area contributed by atoms with Gasteiger partial charge < -0.3 is 18.6 Å². The van der Waals surface area contributed by atoms with Gasteiger partial charge in [0.2, 0.25) is 0 Å². The Morgan fingerprint density at radius 1 is 0.393 bits per heavy atom. The van der Waals surface area contributed by atoms with Crippen LogP contribution in [-0.2, 0) is 0 Å². The van der Waals surface area contributed by atoms with E-state index in [1.807, 2.05) is 12.1 Å². The Kier molecular flexibility index (Phi) is 6.60. The topological polar surface area (TPSA) is 30.5 Å². The van der Waals surface area contributed by atoms with E-state index in [2.05, 4.69) is 191 Å². The predicted octanol–water partition coefficient (Wildman–Crippen LogP) is 14.7. The molecule has 1 aliphatic heterocycles. The van der Waals surface area contributed by atoms with E-state index in [9.17, 15) is 0 Å². The first-order chi connectivity index (χ1) is 27.8. The maximum atomic E-state index is 6.48. The van der Waals surface area contributed by atoms with Gasteiger partial charge in [-0.05, 0) is 88.1 Å². The third kappa shape index (κ3) is 4.60. The van der Waals surface area contributed by atoms with Crippen molar-refractivity contribution in [2.24, 2.45) is 0 Å². The minimum Gasteiger partial charge on any atom is -0.456 e. The Bertz CT molecular complexity index is 3320. The fourth-order valence-electron chi connectivity index (χ4n) is 8.83. The summed E-state index contributed by atoms with van der Waals surface area (Å²) in [6, 6.07) is 68.9. The van der Waals surface area contributed by atoms with Crippen molar-refractivity contribution in [3.63, 3.8) is 0 Å². The van der Waals surface area contributed by atoms with Crippen LogP contribution in [0.5, 0.6) is 11.5 Å². The summed E-state index contributed by atoms with van der Waals surface area (Å²) in [6.45, 7) is 0. The van der Waals surface area contributed by atoms with Crippen LogP contribution in [0.2, 0.25) is 0 Å². The molecule has 0 spiro atoms. The van der Waals surface area contributed by atoms with Gasteiger partial charge in [0.1, 0.15) is 11.2 Å². The Morgan fingerprint density at radius 3 is 1.89 bits per heavy atom. The second-order valence-corrected chi connectivity index (χ2v) is 14.5. The molecule has 1 aliphatic rings. The summed E-state index contributed by atoms with van der Waals surface area (Å²) in [5, 5.41) is 7.12. The molecule has 0 saturated heterocycles. The van der Waals surface area contributed by atoms with E-state index < -0.39 is 0 Å². The van der Waals surface area contributed by atoms with Crippen molar-refractivity contribution in [2.45, 2.75) is 0 Å². The standard InChI is InChI=1S/C52H32N2O2/c1-2-11-37(12-3-1)53(39-29-30-44-49(32-39)56-47-31-26-35-10-4-5-13-40(35)50(44)47)38-27-24-34(25-28-38)33-20-22-36(23-21-33)41-14-8-15-42-43-16-9-19-48-52(43)54(51(41)42)45-17-6-7-18-46(45)55-48/h1-32H. The molecule has 4 heteroatoms. The van der Waals surface area contributed by atoms with Crippen LogP contribution in [0.15, 0.2) is 199 Å². The van der Waals surface area contributed by atoms with E-state index in [-0.39, 0.29) is 0 Å². The van der Waals surface area contributed by atoms with Crippen LogP contribution in [-0.4, -0.2) is 4.57 Å². The highest BCUT2D eigenvalue weighted by molar-refractivity contribution is 6.19. The van der Waals surface area contributed by atoms with Crippen molar-refractivity contribution in [1.82, 2.24) is 4.57 Å². The number of rotatable bonds is 5. The molecule has 0 bridgehead atoms.